The fourth-order valence-electron chi connectivity index (χ4n) is 3.99. The maximum Gasteiger partial charge on any atom is 0.337 e. The fourth-order valence-corrected chi connectivity index (χ4v) is 3.99. The van der Waals surface area contributed by atoms with Gasteiger partial charge in [-0.2, -0.15) is 0 Å². The second-order valence-electron chi connectivity index (χ2n) is 7.65. The molecule has 0 atom stereocenters. The standard InChI is InChI=1S/C26H21N3O3/c1-32-26(31)18-8-6-17(7-9-18)19-10-11-24-22(14-19)25(30)29(16-28-24)13-12-20-15-27-23-5-3-2-4-21(20)23/h2-11,14-16,27H,12-13H2,1H3. The number of methoxy groups -OCH3 is 1. The molecule has 6 heteroatoms. The second-order valence-corrected chi connectivity index (χ2v) is 7.65. The minimum atomic E-state index is -0.377. The van der Waals surface area contributed by atoms with E-state index in [0.717, 1.165) is 23.1 Å². The lowest BCUT2D eigenvalue weighted by Gasteiger charge is -2.08. The van der Waals surface area contributed by atoms with Crippen LogP contribution in [-0.2, 0) is 17.7 Å². The molecule has 3 aromatic carbocycles. The molecule has 2 heterocycles. The third-order valence-electron chi connectivity index (χ3n) is 5.76. The van der Waals surface area contributed by atoms with Crippen LogP contribution in [0.4, 0.5) is 0 Å². The summed E-state index contributed by atoms with van der Waals surface area (Å²) in [4.78, 5) is 32.6. The van der Waals surface area contributed by atoms with Crippen molar-refractivity contribution in [2.75, 3.05) is 7.11 Å². The Hall–Kier alpha value is -4.19. The Kier molecular flexibility index (Phi) is 5.03. The number of H-pyrrole nitrogens is 1. The van der Waals surface area contributed by atoms with E-state index in [1.54, 1.807) is 23.0 Å². The molecular weight excluding hydrogens is 402 g/mol. The summed E-state index contributed by atoms with van der Waals surface area (Å²) in [6.45, 7) is 0.543. The van der Waals surface area contributed by atoms with E-state index in [2.05, 4.69) is 16.0 Å². The third kappa shape index (κ3) is 3.56. The monoisotopic (exact) mass is 423 g/mol. The van der Waals surface area contributed by atoms with Crippen LogP contribution in [0.25, 0.3) is 32.9 Å². The first-order valence-electron chi connectivity index (χ1n) is 10.4. The van der Waals surface area contributed by atoms with Crippen LogP contribution in [0, 0.1) is 0 Å². The van der Waals surface area contributed by atoms with Gasteiger partial charge in [-0.05, 0) is 53.4 Å². The molecule has 6 nitrogen and oxygen atoms in total. The van der Waals surface area contributed by atoms with Gasteiger partial charge < -0.3 is 9.72 Å². The number of aromatic amines is 1. The number of rotatable bonds is 5. The zero-order valence-corrected chi connectivity index (χ0v) is 17.5. The number of para-hydroxylation sites is 1. The summed E-state index contributed by atoms with van der Waals surface area (Å²) >= 11 is 0. The number of nitrogens with zero attached hydrogens (tertiary/aromatic N) is 2. The Morgan fingerprint density at radius 2 is 1.78 bits per heavy atom. The van der Waals surface area contributed by atoms with Crippen LogP contribution in [-0.4, -0.2) is 27.6 Å². The Balaban J connectivity index is 1.45. The van der Waals surface area contributed by atoms with Crippen LogP contribution in [0.1, 0.15) is 15.9 Å². The van der Waals surface area contributed by atoms with Crippen LogP contribution in [0.15, 0.2) is 84.0 Å². The van der Waals surface area contributed by atoms with E-state index >= 15 is 0 Å². The maximum atomic E-state index is 13.2. The summed E-state index contributed by atoms with van der Waals surface area (Å²) in [6, 6.07) is 20.9. The molecule has 0 aliphatic heterocycles. The van der Waals surface area contributed by atoms with Crippen LogP contribution < -0.4 is 5.56 Å². The minimum Gasteiger partial charge on any atom is -0.465 e. The Morgan fingerprint density at radius 1 is 1.00 bits per heavy atom. The number of aromatic nitrogens is 3. The molecule has 0 radical (unpaired) electrons. The molecule has 0 spiro atoms. The predicted octanol–water partition coefficient (Wildman–Crippen LogP) is 4.57. The number of esters is 1. The largest absolute Gasteiger partial charge is 0.465 e. The molecule has 2 aromatic heterocycles. The normalized spacial score (nSPS) is 11.2. The molecule has 0 saturated carbocycles. The van der Waals surface area contributed by atoms with Crippen molar-refractivity contribution in [3.05, 3.63) is 101 Å². The van der Waals surface area contributed by atoms with Crippen LogP contribution in [0.2, 0.25) is 0 Å². The van der Waals surface area contributed by atoms with Crippen LogP contribution in [0.5, 0.6) is 0 Å². The number of nitrogens with one attached hydrogen (secondary N) is 1. The lowest BCUT2D eigenvalue weighted by atomic mass is 10.0. The molecule has 5 aromatic rings. The van der Waals surface area contributed by atoms with Gasteiger partial charge in [0, 0.05) is 23.6 Å². The summed E-state index contributed by atoms with van der Waals surface area (Å²) in [5.41, 5.74) is 5.14. The summed E-state index contributed by atoms with van der Waals surface area (Å²) in [6.07, 6.45) is 4.34. The molecule has 32 heavy (non-hydrogen) atoms. The lowest BCUT2D eigenvalue weighted by Crippen LogP contribution is -2.21. The van der Waals surface area contributed by atoms with E-state index in [9.17, 15) is 9.59 Å². The van der Waals surface area contributed by atoms with Crippen molar-refractivity contribution >= 4 is 27.8 Å². The quantitative estimate of drug-likeness (QED) is 0.420. The predicted molar refractivity (Wildman–Crippen MR) is 125 cm³/mol. The van der Waals surface area contributed by atoms with E-state index in [0.29, 0.717) is 23.0 Å². The van der Waals surface area contributed by atoms with E-state index in [-0.39, 0.29) is 11.5 Å². The van der Waals surface area contributed by atoms with Crippen molar-refractivity contribution in [1.29, 1.82) is 0 Å². The highest BCUT2D eigenvalue weighted by Crippen LogP contribution is 2.23. The smallest absolute Gasteiger partial charge is 0.337 e. The first kappa shape index (κ1) is 19.8. The first-order chi connectivity index (χ1) is 15.6. The first-order valence-corrected chi connectivity index (χ1v) is 10.4. The van der Waals surface area contributed by atoms with Crippen LogP contribution in [0.3, 0.4) is 0 Å². The van der Waals surface area contributed by atoms with E-state index in [4.69, 9.17) is 4.74 Å². The van der Waals surface area contributed by atoms with Crippen molar-refractivity contribution < 1.29 is 9.53 Å². The van der Waals surface area contributed by atoms with Gasteiger partial charge >= 0.3 is 5.97 Å². The number of benzene rings is 3. The number of aryl methyl sites for hydroxylation is 2. The zero-order valence-electron chi connectivity index (χ0n) is 17.5. The average molecular weight is 423 g/mol. The second kappa shape index (κ2) is 8.15. The van der Waals surface area contributed by atoms with E-state index in [1.807, 2.05) is 54.7 Å². The number of hydrogen-bond donors (Lipinski definition) is 1. The van der Waals surface area contributed by atoms with Gasteiger partial charge in [-0.3, -0.25) is 9.36 Å². The molecule has 0 aliphatic carbocycles. The highest BCUT2D eigenvalue weighted by atomic mass is 16.5. The van der Waals surface area contributed by atoms with Crippen molar-refractivity contribution in [2.24, 2.45) is 0 Å². The van der Waals surface area contributed by atoms with Crippen molar-refractivity contribution in [3.8, 4) is 11.1 Å². The Labute approximate surface area is 184 Å². The number of carbonyl (C=O) groups excluding carboxylic acids is 1. The summed E-state index contributed by atoms with van der Waals surface area (Å²) in [5.74, 6) is -0.377. The SMILES string of the molecule is COC(=O)c1ccc(-c2ccc3ncn(CCc4c[nH]c5ccccc45)c(=O)c3c2)cc1. The molecule has 158 valence electrons. The maximum absolute atomic E-state index is 13.2. The van der Waals surface area contributed by atoms with Crippen molar-refractivity contribution in [3.63, 3.8) is 0 Å². The van der Waals surface area contributed by atoms with Gasteiger partial charge in [0.15, 0.2) is 0 Å². The molecule has 0 saturated heterocycles. The third-order valence-corrected chi connectivity index (χ3v) is 5.76. The zero-order chi connectivity index (χ0) is 22.1. The topological polar surface area (TPSA) is 77.0 Å². The number of carbonyl (C=O) groups is 1. The van der Waals surface area contributed by atoms with Crippen molar-refractivity contribution in [1.82, 2.24) is 14.5 Å². The molecule has 5 rings (SSSR count). The van der Waals surface area contributed by atoms with Gasteiger partial charge in [-0.15, -0.1) is 0 Å². The molecule has 1 N–H and O–H groups in total. The summed E-state index contributed by atoms with van der Waals surface area (Å²) < 4.78 is 6.41. The average Bonchev–Trinajstić information content (AvgIpc) is 3.26. The Morgan fingerprint density at radius 3 is 2.59 bits per heavy atom. The number of fused-ring (bicyclic) bond motifs is 2. The van der Waals surface area contributed by atoms with Gasteiger partial charge in [-0.25, -0.2) is 9.78 Å². The van der Waals surface area contributed by atoms with Gasteiger partial charge in [-0.1, -0.05) is 36.4 Å². The van der Waals surface area contributed by atoms with Gasteiger partial charge in [0.2, 0.25) is 0 Å². The molecule has 0 aliphatic rings. The summed E-state index contributed by atoms with van der Waals surface area (Å²) in [5, 5.41) is 1.74. The van der Waals surface area contributed by atoms with Crippen LogP contribution >= 0.6 is 0 Å². The van der Waals surface area contributed by atoms with Gasteiger partial charge in [0.05, 0.1) is 29.9 Å². The number of ether oxygens (including phenoxy) is 1. The molecular formula is C26H21N3O3. The van der Waals surface area contributed by atoms with Gasteiger partial charge in [0.1, 0.15) is 0 Å². The summed E-state index contributed by atoms with van der Waals surface area (Å²) in [7, 11) is 1.36. The number of hydrogen-bond acceptors (Lipinski definition) is 4. The fraction of sp³-hybridized carbons (Fsp3) is 0.115. The van der Waals surface area contributed by atoms with E-state index < -0.39 is 0 Å². The Bertz CT molecular complexity index is 1500. The van der Waals surface area contributed by atoms with Crippen molar-refractivity contribution in [2.45, 2.75) is 13.0 Å². The highest BCUT2D eigenvalue weighted by molar-refractivity contribution is 5.90. The molecule has 0 amide bonds. The molecule has 0 fully saturated rings. The highest BCUT2D eigenvalue weighted by Gasteiger charge is 2.10. The molecule has 0 bridgehead atoms. The van der Waals surface area contributed by atoms with E-state index in [1.165, 1.54) is 18.1 Å². The van der Waals surface area contributed by atoms with Gasteiger partial charge in [0.25, 0.3) is 5.56 Å². The molecule has 0 unspecified atom stereocenters. The lowest BCUT2D eigenvalue weighted by molar-refractivity contribution is 0.0601. The minimum absolute atomic E-state index is 0.0668.